The van der Waals surface area contributed by atoms with Crippen LogP contribution in [-0.2, 0) is 12.1 Å². The van der Waals surface area contributed by atoms with E-state index in [9.17, 15) is 13.9 Å². The minimum atomic E-state index is -1.52. The molecule has 0 radical (unpaired) electrons. The van der Waals surface area contributed by atoms with Crippen LogP contribution < -0.4 is 0 Å². The molecule has 0 bridgehead atoms. The summed E-state index contributed by atoms with van der Waals surface area (Å²) in [6.07, 6.45) is 12.8. The number of hydrogen-bond acceptors (Lipinski definition) is 4. The monoisotopic (exact) mass is 425 g/mol. The van der Waals surface area contributed by atoms with E-state index < -0.39 is 17.2 Å². The zero-order valence-electron chi connectivity index (χ0n) is 17.5. The molecular formula is C22H33F2N3OS. The second kappa shape index (κ2) is 12.3. The van der Waals surface area contributed by atoms with Gasteiger partial charge in [-0.1, -0.05) is 64.9 Å². The summed E-state index contributed by atoms with van der Waals surface area (Å²) >= 11 is 1.61. The van der Waals surface area contributed by atoms with E-state index in [2.05, 4.69) is 17.0 Å². The van der Waals surface area contributed by atoms with Crippen molar-refractivity contribution in [2.45, 2.75) is 82.6 Å². The van der Waals surface area contributed by atoms with Crippen molar-refractivity contribution in [2.24, 2.45) is 0 Å². The largest absolute Gasteiger partial charge is 0.382 e. The van der Waals surface area contributed by atoms with Crippen molar-refractivity contribution in [1.29, 1.82) is 0 Å². The van der Waals surface area contributed by atoms with Gasteiger partial charge in [-0.05, 0) is 18.2 Å². The molecule has 2 atom stereocenters. The Morgan fingerprint density at radius 3 is 2.41 bits per heavy atom. The number of nitrogens with zero attached hydrogens (tertiary/aromatic N) is 3. The Kier molecular flexibility index (Phi) is 10.1. The van der Waals surface area contributed by atoms with E-state index in [1.807, 2.05) is 6.92 Å². The Balaban J connectivity index is 1.92. The zero-order chi connectivity index (χ0) is 21.1. The molecule has 0 unspecified atom stereocenters. The molecule has 0 amide bonds. The number of thioether (sulfide) groups is 1. The lowest BCUT2D eigenvalue weighted by atomic mass is 9.90. The highest BCUT2D eigenvalue weighted by Gasteiger charge is 2.39. The second-order valence-corrected chi connectivity index (χ2v) is 9.08. The minimum absolute atomic E-state index is 0.0567. The van der Waals surface area contributed by atoms with Gasteiger partial charge < -0.3 is 5.11 Å². The third-order valence-corrected chi connectivity index (χ3v) is 6.72. The van der Waals surface area contributed by atoms with Crippen molar-refractivity contribution in [3.63, 3.8) is 0 Å². The van der Waals surface area contributed by atoms with Crippen LogP contribution in [0.5, 0.6) is 0 Å². The average Bonchev–Trinajstić information content (AvgIpc) is 3.19. The number of hydrogen-bond donors (Lipinski definition) is 1. The molecule has 1 aromatic heterocycles. The summed E-state index contributed by atoms with van der Waals surface area (Å²) in [5.41, 5.74) is -1.43. The molecule has 4 nitrogen and oxygen atoms in total. The highest BCUT2D eigenvalue weighted by atomic mass is 32.2. The number of halogens is 2. The molecule has 0 aliphatic rings. The molecule has 2 rings (SSSR count). The summed E-state index contributed by atoms with van der Waals surface area (Å²) in [7, 11) is 0. The Labute approximate surface area is 177 Å². The first-order valence-electron chi connectivity index (χ1n) is 10.6. The van der Waals surface area contributed by atoms with E-state index in [0.29, 0.717) is 0 Å². The molecule has 1 heterocycles. The van der Waals surface area contributed by atoms with E-state index >= 15 is 0 Å². The van der Waals surface area contributed by atoms with Crippen LogP contribution in [-0.4, -0.2) is 30.9 Å². The van der Waals surface area contributed by atoms with Crippen LogP contribution in [0.3, 0.4) is 0 Å². The first-order chi connectivity index (χ1) is 14.0. The van der Waals surface area contributed by atoms with Crippen LogP contribution in [0.15, 0.2) is 30.9 Å². The molecule has 0 saturated heterocycles. The Morgan fingerprint density at radius 2 is 1.79 bits per heavy atom. The van der Waals surface area contributed by atoms with Gasteiger partial charge in [0.1, 0.15) is 29.9 Å². The van der Waals surface area contributed by atoms with Gasteiger partial charge in [-0.25, -0.2) is 18.4 Å². The third-order valence-electron chi connectivity index (χ3n) is 5.31. The minimum Gasteiger partial charge on any atom is -0.382 e. The Bertz CT molecular complexity index is 714. The summed E-state index contributed by atoms with van der Waals surface area (Å²) < 4.78 is 29.4. The number of aliphatic hydroxyl groups is 1. The molecular weight excluding hydrogens is 392 g/mol. The quantitative estimate of drug-likeness (QED) is 0.394. The highest BCUT2D eigenvalue weighted by Crippen LogP contribution is 2.36. The van der Waals surface area contributed by atoms with E-state index in [1.165, 1.54) is 68.0 Å². The topological polar surface area (TPSA) is 50.9 Å². The van der Waals surface area contributed by atoms with Gasteiger partial charge in [0.15, 0.2) is 0 Å². The maximum Gasteiger partial charge on any atom is 0.137 e. The maximum absolute atomic E-state index is 14.5. The summed E-state index contributed by atoms with van der Waals surface area (Å²) in [5, 5.41) is 15.2. The molecule has 0 saturated carbocycles. The van der Waals surface area contributed by atoms with Gasteiger partial charge in [-0.3, -0.25) is 0 Å². The highest BCUT2D eigenvalue weighted by molar-refractivity contribution is 7.99. The van der Waals surface area contributed by atoms with Gasteiger partial charge >= 0.3 is 0 Å². The first kappa shape index (κ1) is 23.8. The van der Waals surface area contributed by atoms with Crippen LogP contribution in [0.25, 0.3) is 0 Å². The second-order valence-electron chi connectivity index (χ2n) is 7.63. The number of unbranched alkanes of at least 4 members (excludes halogenated alkanes) is 7. The molecule has 0 aliphatic heterocycles. The Hall–Kier alpha value is -1.47. The molecule has 2 aromatic rings. The van der Waals surface area contributed by atoms with Crippen LogP contribution >= 0.6 is 11.8 Å². The summed E-state index contributed by atoms with van der Waals surface area (Å²) in [5.74, 6) is -0.515. The van der Waals surface area contributed by atoms with Crippen molar-refractivity contribution in [1.82, 2.24) is 14.8 Å². The van der Waals surface area contributed by atoms with E-state index in [4.69, 9.17) is 0 Å². The average molecular weight is 426 g/mol. The first-order valence-corrected chi connectivity index (χ1v) is 11.6. The summed E-state index contributed by atoms with van der Waals surface area (Å²) in [6.45, 7) is 4.16. The van der Waals surface area contributed by atoms with Gasteiger partial charge in [-0.15, -0.1) is 0 Å². The normalized spacial score (nSPS) is 14.7. The molecule has 29 heavy (non-hydrogen) atoms. The fourth-order valence-corrected chi connectivity index (χ4v) is 4.67. The smallest absolute Gasteiger partial charge is 0.137 e. The van der Waals surface area contributed by atoms with Gasteiger partial charge in [-0.2, -0.15) is 16.9 Å². The molecule has 0 fully saturated rings. The number of aromatic nitrogens is 3. The standard InChI is InChI=1S/C22H33F2N3OS/c1-3-4-5-6-7-8-9-10-13-29-18(2)22(28,15-27-17-25-16-26-27)20-12-11-19(23)14-21(20)24/h11-12,14,16-18,28H,3-10,13,15H2,1-2H3/t18-,22-/m1/s1. The van der Waals surface area contributed by atoms with E-state index in [1.54, 1.807) is 11.8 Å². The van der Waals surface area contributed by atoms with E-state index in [0.717, 1.165) is 24.7 Å². The van der Waals surface area contributed by atoms with Crippen molar-refractivity contribution in [3.05, 3.63) is 48.1 Å². The number of rotatable bonds is 14. The molecule has 0 spiro atoms. The van der Waals surface area contributed by atoms with Gasteiger partial charge in [0.25, 0.3) is 0 Å². The molecule has 162 valence electrons. The predicted octanol–water partition coefficient (Wildman–Crippen LogP) is 5.71. The predicted molar refractivity (Wildman–Crippen MR) is 115 cm³/mol. The lowest BCUT2D eigenvalue weighted by Crippen LogP contribution is -2.41. The van der Waals surface area contributed by atoms with Crippen LogP contribution in [0.4, 0.5) is 8.78 Å². The Morgan fingerprint density at radius 1 is 1.10 bits per heavy atom. The zero-order valence-corrected chi connectivity index (χ0v) is 18.3. The molecule has 0 aliphatic carbocycles. The van der Waals surface area contributed by atoms with Crippen LogP contribution in [0, 0.1) is 11.6 Å². The van der Waals surface area contributed by atoms with E-state index in [-0.39, 0.29) is 17.4 Å². The lowest BCUT2D eigenvalue weighted by Gasteiger charge is -2.34. The van der Waals surface area contributed by atoms with Crippen molar-refractivity contribution in [3.8, 4) is 0 Å². The van der Waals surface area contributed by atoms with Crippen LogP contribution in [0.2, 0.25) is 0 Å². The molecule has 7 heteroatoms. The summed E-state index contributed by atoms with van der Waals surface area (Å²) in [4.78, 5) is 3.90. The van der Waals surface area contributed by atoms with Gasteiger partial charge in [0.05, 0.1) is 6.54 Å². The van der Waals surface area contributed by atoms with Crippen molar-refractivity contribution < 1.29 is 13.9 Å². The lowest BCUT2D eigenvalue weighted by molar-refractivity contribution is 0.0133. The SMILES string of the molecule is CCCCCCCCCCS[C@H](C)[C@](O)(Cn1cncn1)c1ccc(F)cc1F. The van der Waals surface area contributed by atoms with Crippen LogP contribution in [0.1, 0.15) is 70.8 Å². The maximum atomic E-state index is 14.5. The molecule has 1 N–H and O–H groups in total. The third kappa shape index (κ3) is 7.37. The fourth-order valence-electron chi connectivity index (χ4n) is 3.47. The van der Waals surface area contributed by atoms with Gasteiger partial charge in [0.2, 0.25) is 0 Å². The molecule has 1 aromatic carbocycles. The van der Waals surface area contributed by atoms with Crippen molar-refractivity contribution >= 4 is 11.8 Å². The fraction of sp³-hybridized carbons (Fsp3) is 0.636. The van der Waals surface area contributed by atoms with Gasteiger partial charge in [0, 0.05) is 16.9 Å². The summed E-state index contributed by atoms with van der Waals surface area (Å²) in [6, 6.07) is 3.33. The number of benzene rings is 1. The van der Waals surface area contributed by atoms with Crippen molar-refractivity contribution in [2.75, 3.05) is 5.75 Å².